The fraction of sp³-hybridized carbons (Fsp3) is 0.846. The highest BCUT2D eigenvalue weighted by Gasteiger charge is 2.22. The summed E-state index contributed by atoms with van der Waals surface area (Å²) in [5.41, 5.74) is 0. The lowest BCUT2D eigenvalue weighted by Crippen LogP contribution is -2.51. The van der Waals surface area contributed by atoms with E-state index in [0.717, 1.165) is 25.9 Å². The lowest BCUT2D eigenvalue weighted by atomic mass is 10.3. The van der Waals surface area contributed by atoms with Crippen molar-refractivity contribution < 1.29 is 14.3 Å². The molecule has 0 bridgehead atoms. The highest BCUT2D eigenvalue weighted by Crippen LogP contribution is 2.20. The number of amides is 2. The van der Waals surface area contributed by atoms with Crippen molar-refractivity contribution >= 4 is 11.8 Å². The van der Waals surface area contributed by atoms with Gasteiger partial charge in [0.05, 0.1) is 12.7 Å². The molecule has 1 heterocycles. The van der Waals surface area contributed by atoms with Crippen molar-refractivity contribution in [3.63, 3.8) is 0 Å². The Morgan fingerprint density at radius 2 is 1.89 bits per heavy atom. The maximum absolute atomic E-state index is 11.8. The predicted octanol–water partition coefficient (Wildman–Crippen LogP) is -0.506. The Kier molecular flexibility index (Phi) is 5.60. The van der Waals surface area contributed by atoms with Crippen molar-refractivity contribution in [2.75, 3.05) is 39.3 Å². The van der Waals surface area contributed by atoms with E-state index in [1.165, 1.54) is 12.8 Å². The predicted molar refractivity (Wildman–Crippen MR) is 70.7 cm³/mol. The molecule has 2 amide bonds. The standard InChI is InChI=1S/C13H23N3O3/c17-12(13(18)16-8-5-14-6-9-16)15-7-10-19-11-3-1-2-4-11/h11,14H,1-10H2,(H,15,17). The summed E-state index contributed by atoms with van der Waals surface area (Å²) < 4.78 is 5.63. The first-order chi connectivity index (χ1) is 9.27. The van der Waals surface area contributed by atoms with Crippen molar-refractivity contribution in [2.24, 2.45) is 0 Å². The third-order valence-electron chi connectivity index (χ3n) is 3.64. The lowest BCUT2D eigenvalue weighted by molar-refractivity contribution is -0.146. The van der Waals surface area contributed by atoms with Crippen molar-refractivity contribution in [1.82, 2.24) is 15.5 Å². The first-order valence-electron chi connectivity index (χ1n) is 7.17. The Morgan fingerprint density at radius 1 is 1.21 bits per heavy atom. The number of carbonyl (C=O) groups is 2. The molecule has 2 N–H and O–H groups in total. The molecular weight excluding hydrogens is 246 g/mol. The molecule has 1 aliphatic carbocycles. The van der Waals surface area contributed by atoms with E-state index in [0.29, 0.717) is 32.3 Å². The minimum absolute atomic E-state index is 0.348. The molecule has 6 heteroatoms. The quantitative estimate of drug-likeness (QED) is 0.533. The van der Waals surface area contributed by atoms with E-state index >= 15 is 0 Å². The van der Waals surface area contributed by atoms with Gasteiger partial charge in [0.1, 0.15) is 0 Å². The Morgan fingerprint density at radius 3 is 2.58 bits per heavy atom. The monoisotopic (exact) mass is 269 g/mol. The number of hydrogen-bond donors (Lipinski definition) is 2. The van der Waals surface area contributed by atoms with Crippen molar-refractivity contribution in [1.29, 1.82) is 0 Å². The Bertz CT molecular complexity index is 310. The van der Waals surface area contributed by atoms with E-state index in [1.54, 1.807) is 4.90 Å². The van der Waals surface area contributed by atoms with E-state index in [2.05, 4.69) is 10.6 Å². The number of nitrogens with zero attached hydrogens (tertiary/aromatic N) is 1. The Balaban J connectivity index is 1.59. The van der Waals surface area contributed by atoms with Gasteiger partial charge >= 0.3 is 11.8 Å². The molecule has 2 aliphatic rings. The Hall–Kier alpha value is -1.14. The van der Waals surface area contributed by atoms with Crippen LogP contribution in [0.2, 0.25) is 0 Å². The summed E-state index contributed by atoms with van der Waals surface area (Å²) in [5.74, 6) is -0.945. The van der Waals surface area contributed by atoms with Crippen molar-refractivity contribution in [2.45, 2.75) is 31.8 Å². The lowest BCUT2D eigenvalue weighted by Gasteiger charge is -2.26. The molecule has 0 unspecified atom stereocenters. The molecule has 108 valence electrons. The van der Waals surface area contributed by atoms with Crippen LogP contribution in [0.5, 0.6) is 0 Å². The second-order valence-electron chi connectivity index (χ2n) is 5.08. The van der Waals surface area contributed by atoms with Gasteiger partial charge in [0, 0.05) is 32.7 Å². The van der Waals surface area contributed by atoms with E-state index in [-0.39, 0.29) is 0 Å². The maximum Gasteiger partial charge on any atom is 0.311 e. The van der Waals surface area contributed by atoms with Gasteiger partial charge in [-0.1, -0.05) is 12.8 Å². The fourth-order valence-corrected chi connectivity index (χ4v) is 2.53. The average Bonchev–Trinajstić information content (AvgIpc) is 2.96. The molecule has 0 aromatic carbocycles. The molecule has 0 aromatic heterocycles. The highest BCUT2D eigenvalue weighted by atomic mass is 16.5. The molecule has 2 fully saturated rings. The number of rotatable bonds is 4. The third-order valence-corrected chi connectivity index (χ3v) is 3.64. The molecule has 1 saturated carbocycles. The summed E-state index contributed by atoms with van der Waals surface area (Å²) in [5, 5.41) is 5.77. The van der Waals surface area contributed by atoms with Gasteiger partial charge in [0.2, 0.25) is 0 Å². The van der Waals surface area contributed by atoms with Gasteiger partial charge in [-0.25, -0.2) is 0 Å². The minimum Gasteiger partial charge on any atom is -0.376 e. The molecule has 1 aliphatic heterocycles. The summed E-state index contributed by atoms with van der Waals surface area (Å²) in [4.78, 5) is 25.0. The highest BCUT2D eigenvalue weighted by molar-refractivity contribution is 6.35. The molecule has 19 heavy (non-hydrogen) atoms. The van der Waals surface area contributed by atoms with Gasteiger partial charge in [-0.15, -0.1) is 0 Å². The van der Waals surface area contributed by atoms with Crippen LogP contribution >= 0.6 is 0 Å². The second kappa shape index (κ2) is 7.45. The van der Waals surface area contributed by atoms with Gasteiger partial charge in [-0.3, -0.25) is 9.59 Å². The van der Waals surface area contributed by atoms with Crippen LogP contribution in [0.15, 0.2) is 0 Å². The van der Waals surface area contributed by atoms with Crippen molar-refractivity contribution in [3.8, 4) is 0 Å². The molecule has 0 aromatic rings. The van der Waals surface area contributed by atoms with Gasteiger partial charge < -0.3 is 20.3 Å². The summed E-state index contributed by atoms with van der Waals surface area (Å²) in [7, 11) is 0. The van der Waals surface area contributed by atoms with Crippen LogP contribution in [0, 0.1) is 0 Å². The summed E-state index contributed by atoms with van der Waals surface area (Å²) in [6, 6.07) is 0. The van der Waals surface area contributed by atoms with E-state index < -0.39 is 11.8 Å². The van der Waals surface area contributed by atoms with Crippen LogP contribution in [0.4, 0.5) is 0 Å². The summed E-state index contributed by atoms with van der Waals surface area (Å²) in [6.45, 7) is 3.61. The number of nitrogens with one attached hydrogen (secondary N) is 2. The van der Waals surface area contributed by atoms with Gasteiger partial charge in [-0.05, 0) is 12.8 Å². The largest absolute Gasteiger partial charge is 0.376 e. The molecular formula is C13H23N3O3. The summed E-state index contributed by atoms with van der Waals surface area (Å²) in [6.07, 6.45) is 5.05. The van der Waals surface area contributed by atoms with E-state index in [9.17, 15) is 9.59 Å². The smallest absolute Gasteiger partial charge is 0.311 e. The Labute approximate surface area is 113 Å². The van der Waals surface area contributed by atoms with E-state index in [1.807, 2.05) is 0 Å². The molecule has 0 spiro atoms. The number of ether oxygens (including phenoxy) is 1. The van der Waals surface area contributed by atoms with Crippen LogP contribution in [0.1, 0.15) is 25.7 Å². The van der Waals surface area contributed by atoms with Gasteiger partial charge in [0.25, 0.3) is 0 Å². The fourth-order valence-electron chi connectivity index (χ4n) is 2.53. The zero-order valence-electron chi connectivity index (χ0n) is 11.3. The first-order valence-corrected chi connectivity index (χ1v) is 7.17. The molecule has 0 radical (unpaired) electrons. The zero-order valence-corrected chi connectivity index (χ0v) is 11.3. The molecule has 2 rings (SSSR count). The van der Waals surface area contributed by atoms with Gasteiger partial charge in [0.15, 0.2) is 0 Å². The molecule has 0 atom stereocenters. The second-order valence-corrected chi connectivity index (χ2v) is 5.08. The number of hydrogen-bond acceptors (Lipinski definition) is 4. The van der Waals surface area contributed by atoms with Crippen LogP contribution in [-0.4, -0.2) is 62.1 Å². The zero-order chi connectivity index (χ0) is 13.5. The maximum atomic E-state index is 11.8. The molecule has 6 nitrogen and oxygen atoms in total. The van der Waals surface area contributed by atoms with Crippen LogP contribution in [0.25, 0.3) is 0 Å². The minimum atomic E-state index is -0.517. The van der Waals surface area contributed by atoms with E-state index in [4.69, 9.17) is 4.74 Å². The third kappa shape index (κ3) is 4.47. The van der Waals surface area contributed by atoms with Crippen LogP contribution in [0.3, 0.4) is 0 Å². The topological polar surface area (TPSA) is 70.7 Å². The normalized spacial score (nSPS) is 20.5. The van der Waals surface area contributed by atoms with Crippen LogP contribution < -0.4 is 10.6 Å². The molecule has 1 saturated heterocycles. The average molecular weight is 269 g/mol. The number of piperazine rings is 1. The van der Waals surface area contributed by atoms with Gasteiger partial charge in [-0.2, -0.15) is 0 Å². The number of carbonyl (C=O) groups excluding carboxylic acids is 2. The first kappa shape index (κ1) is 14.3. The SMILES string of the molecule is O=C(NCCOC1CCCC1)C(=O)N1CCNCC1. The van der Waals surface area contributed by atoms with Crippen molar-refractivity contribution in [3.05, 3.63) is 0 Å². The summed E-state index contributed by atoms with van der Waals surface area (Å²) >= 11 is 0. The van der Waals surface area contributed by atoms with Crippen LogP contribution in [-0.2, 0) is 14.3 Å².